The third-order valence-electron chi connectivity index (χ3n) is 4.41. The summed E-state index contributed by atoms with van der Waals surface area (Å²) in [5.74, 6) is 0.348. The zero-order valence-corrected chi connectivity index (χ0v) is 13.9. The van der Waals surface area contributed by atoms with Gasteiger partial charge < -0.3 is 15.1 Å². The molecule has 0 bridgehead atoms. The highest BCUT2D eigenvalue weighted by atomic mass is 32.2. The number of nitrogens with zero attached hydrogens (tertiary/aromatic N) is 2. The van der Waals surface area contributed by atoms with Gasteiger partial charge in [-0.15, -0.1) is 0 Å². The summed E-state index contributed by atoms with van der Waals surface area (Å²) < 4.78 is 22.9. The van der Waals surface area contributed by atoms with Crippen molar-refractivity contribution >= 4 is 21.8 Å². The molecule has 22 heavy (non-hydrogen) atoms. The second-order valence-corrected chi connectivity index (χ2v) is 8.32. The third-order valence-corrected chi connectivity index (χ3v) is 6.16. The highest BCUT2D eigenvalue weighted by Crippen LogP contribution is 2.16. The number of hydrogen-bond acceptors (Lipinski definition) is 4. The Kier molecular flexibility index (Phi) is 5.66. The van der Waals surface area contributed by atoms with E-state index in [0.29, 0.717) is 25.9 Å². The Bertz CT molecular complexity index is 520. The molecule has 8 heteroatoms. The Morgan fingerprint density at radius 3 is 2.82 bits per heavy atom. The van der Waals surface area contributed by atoms with E-state index in [1.54, 1.807) is 11.9 Å². The fraction of sp³-hybridized carbons (Fsp3) is 0.857. The lowest BCUT2D eigenvalue weighted by Gasteiger charge is -2.25. The number of hydrogen-bond donors (Lipinski definition) is 1. The van der Waals surface area contributed by atoms with Gasteiger partial charge in [0.25, 0.3) is 0 Å². The molecule has 0 unspecified atom stereocenters. The minimum Gasteiger partial charge on any atom is -0.341 e. The van der Waals surface area contributed by atoms with Crippen LogP contribution in [0.1, 0.15) is 32.1 Å². The first-order valence-corrected chi connectivity index (χ1v) is 9.70. The number of rotatable bonds is 4. The summed E-state index contributed by atoms with van der Waals surface area (Å²) in [7, 11) is -1.37. The molecule has 2 aliphatic heterocycles. The monoisotopic (exact) mass is 331 g/mol. The standard InChI is InChI=1S/C14H25N3O4S/c1-16(12-6-10-22(20,21)11-12)14(19)15-7-9-17-8-4-2-3-5-13(17)18/h12H,2-11H2,1H3,(H,15,19)/t12-/m0/s1. The lowest BCUT2D eigenvalue weighted by atomic mass is 10.2. The number of amides is 3. The lowest BCUT2D eigenvalue weighted by molar-refractivity contribution is -0.130. The largest absolute Gasteiger partial charge is 0.341 e. The van der Waals surface area contributed by atoms with E-state index in [1.165, 1.54) is 4.90 Å². The van der Waals surface area contributed by atoms with Crippen molar-refractivity contribution in [2.45, 2.75) is 38.1 Å². The van der Waals surface area contributed by atoms with Gasteiger partial charge in [-0.2, -0.15) is 0 Å². The lowest BCUT2D eigenvalue weighted by Crippen LogP contribution is -2.46. The van der Waals surface area contributed by atoms with E-state index >= 15 is 0 Å². The van der Waals surface area contributed by atoms with Crippen LogP contribution in [0.4, 0.5) is 4.79 Å². The smallest absolute Gasteiger partial charge is 0.317 e. The zero-order valence-electron chi connectivity index (χ0n) is 13.1. The number of carbonyl (C=O) groups excluding carboxylic acids is 2. The Morgan fingerprint density at radius 2 is 2.14 bits per heavy atom. The van der Waals surface area contributed by atoms with E-state index < -0.39 is 9.84 Å². The topological polar surface area (TPSA) is 86.8 Å². The first kappa shape index (κ1) is 17.1. The van der Waals surface area contributed by atoms with Crippen molar-refractivity contribution in [1.29, 1.82) is 0 Å². The molecule has 2 rings (SSSR count). The van der Waals surface area contributed by atoms with Crippen molar-refractivity contribution < 1.29 is 18.0 Å². The van der Waals surface area contributed by atoms with E-state index in [4.69, 9.17) is 0 Å². The van der Waals surface area contributed by atoms with Gasteiger partial charge in [0.15, 0.2) is 9.84 Å². The Labute approximate surface area is 131 Å². The second-order valence-electron chi connectivity index (χ2n) is 6.09. The molecule has 2 fully saturated rings. The molecule has 0 spiro atoms. The number of likely N-dealkylation sites (tertiary alicyclic amines) is 1. The predicted molar refractivity (Wildman–Crippen MR) is 83.3 cm³/mol. The quantitative estimate of drug-likeness (QED) is 0.798. The normalized spacial score (nSPS) is 24.9. The van der Waals surface area contributed by atoms with E-state index in [2.05, 4.69) is 5.32 Å². The van der Waals surface area contributed by atoms with Crippen LogP contribution < -0.4 is 5.32 Å². The van der Waals surface area contributed by atoms with Crippen molar-refractivity contribution in [3.8, 4) is 0 Å². The molecule has 2 aliphatic rings. The van der Waals surface area contributed by atoms with Crippen LogP contribution in [0.2, 0.25) is 0 Å². The summed E-state index contributed by atoms with van der Waals surface area (Å²) in [6, 6.07) is -0.519. The Hall–Kier alpha value is -1.31. The molecule has 2 saturated heterocycles. The molecular formula is C14H25N3O4S. The van der Waals surface area contributed by atoms with Crippen LogP contribution in [0.15, 0.2) is 0 Å². The first-order valence-electron chi connectivity index (χ1n) is 7.88. The van der Waals surface area contributed by atoms with Crippen LogP contribution in [-0.4, -0.2) is 74.4 Å². The molecule has 0 aromatic carbocycles. The van der Waals surface area contributed by atoms with Crippen LogP contribution in [0.5, 0.6) is 0 Å². The Balaban J connectivity index is 1.74. The fourth-order valence-corrected chi connectivity index (χ4v) is 4.72. The van der Waals surface area contributed by atoms with Crippen molar-refractivity contribution in [2.75, 3.05) is 38.2 Å². The molecule has 1 atom stereocenters. The van der Waals surface area contributed by atoms with Gasteiger partial charge in [-0.05, 0) is 19.3 Å². The summed E-state index contributed by atoms with van der Waals surface area (Å²) in [5, 5.41) is 2.77. The molecule has 0 saturated carbocycles. The number of carbonyl (C=O) groups is 2. The van der Waals surface area contributed by atoms with Gasteiger partial charge in [0, 0.05) is 39.1 Å². The highest BCUT2D eigenvalue weighted by molar-refractivity contribution is 7.91. The SMILES string of the molecule is CN(C(=O)NCCN1CCCCCC1=O)[C@H]1CCS(=O)(=O)C1. The van der Waals surface area contributed by atoms with Crippen molar-refractivity contribution in [2.24, 2.45) is 0 Å². The van der Waals surface area contributed by atoms with Crippen molar-refractivity contribution in [3.63, 3.8) is 0 Å². The first-order chi connectivity index (χ1) is 10.4. The summed E-state index contributed by atoms with van der Waals surface area (Å²) in [4.78, 5) is 27.2. The van der Waals surface area contributed by atoms with Crippen molar-refractivity contribution in [3.05, 3.63) is 0 Å². The van der Waals surface area contributed by atoms with Crippen molar-refractivity contribution in [1.82, 2.24) is 15.1 Å². The molecule has 3 amide bonds. The van der Waals surface area contributed by atoms with Gasteiger partial charge in [-0.1, -0.05) is 6.42 Å². The predicted octanol–water partition coefficient (Wildman–Crippen LogP) is 0.218. The van der Waals surface area contributed by atoms with E-state index in [0.717, 1.165) is 25.8 Å². The highest BCUT2D eigenvalue weighted by Gasteiger charge is 2.32. The van der Waals surface area contributed by atoms with Gasteiger partial charge in [0.1, 0.15) is 0 Å². The fourth-order valence-electron chi connectivity index (χ4n) is 2.94. The van der Waals surface area contributed by atoms with E-state index in [9.17, 15) is 18.0 Å². The molecule has 0 aromatic heterocycles. The van der Waals surface area contributed by atoms with Crippen LogP contribution in [0.3, 0.4) is 0 Å². The zero-order chi connectivity index (χ0) is 16.2. The molecule has 0 radical (unpaired) electrons. The molecular weight excluding hydrogens is 306 g/mol. The summed E-state index contributed by atoms with van der Waals surface area (Å²) in [6.45, 7) is 1.67. The van der Waals surface area contributed by atoms with Crippen LogP contribution >= 0.6 is 0 Å². The minimum absolute atomic E-state index is 0.0432. The number of sulfone groups is 1. The van der Waals surface area contributed by atoms with Crippen LogP contribution in [0, 0.1) is 0 Å². The van der Waals surface area contributed by atoms with E-state index in [1.807, 2.05) is 0 Å². The maximum absolute atomic E-state index is 12.0. The van der Waals surface area contributed by atoms with Gasteiger partial charge in [-0.25, -0.2) is 13.2 Å². The maximum Gasteiger partial charge on any atom is 0.317 e. The average molecular weight is 331 g/mol. The number of urea groups is 1. The average Bonchev–Trinajstić information content (AvgIpc) is 2.70. The number of nitrogens with one attached hydrogen (secondary N) is 1. The Morgan fingerprint density at radius 1 is 1.36 bits per heavy atom. The van der Waals surface area contributed by atoms with Gasteiger partial charge in [-0.3, -0.25) is 4.79 Å². The minimum atomic E-state index is -3.00. The summed E-state index contributed by atoms with van der Waals surface area (Å²) >= 11 is 0. The van der Waals surface area contributed by atoms with E-state index in [-0.39, 0.29) is 29.5 Å². The third kappa shape index (κ3) is 4.59. The van der Waals surface area contributed by atoms with Gasteiger partial charge in [0.05, 0.1) is 11.5 Å². The van der Waals surface area contributed by atoms with Crippen LogP contribution in [0.25, 0.3) is 0 Å². The second kappa shape index (κ2) is 7.30. The summed E-state index contributed by atoms with van der Waals surface area (Å²) in [5.41, 5.74) is 0. The molecule has 7 nitrogen and oxygen atoms in total. The molecule has 2 heterocycles. The molecule has 0 aliphatic carbocycles. The molecule has 126 valence electrons. The molecule has 0 aromatic rings. The molecule has 1 N–H and O–H groups in total. The van der Waals surface area contributed by atoms with Gasteiger partial charge in [0.2, 0.25) is 5.91 Å². The maximum atomic E-state index is 12.0. The van der Waals surface area contributed by atoms with Gasteiger partial charge >= 0.3 is 6.03 Å². The van der Waals surface area contributed by atoms with Crippen LogP contribution in [-0.2, 0) is 14.6 Å². The summed E-state index contributed by atoms with van der Waals surface area (Å²) in [6.07, 6.45) is 4.12.